The molecule has 2 unspecified atom stereocenters. The first-order valence-corrected chi connectivity index (χ1v) is 9.10. The first-order chi connectivity index (χ1) is 10.4. The van der Waals surface area contributed by atoms with Crippen LogP contribution in [0.5, 0.6) is 0 Å². The van der Waals surface area contributed by atoms with Crippen LogP contribution in [0.3, 0.4) is 0 Å². The van der Waals surface area contributed by atoms with Gasteiger partial charge in [0.1, 0.15) is 0 Å². The molecule has 0 spiro atoms. The van der Waals surface area contributed by atoms with Gasteiger partial charge in [0.05, 0.1) is 6.04 Å². The predicted octanol–water partition coefficient (Wildman–Crippen LogP) is 1.90. The van der Waals surface area contributed by atoms with Gasteiger partial charge >= 0.3 is 0 Å². The highest BCUT2D eigenvalue weighted by Crippen LogP contribution is 2.31. The first-order valence-electron chi connectivity index (χ1n) is 9.10. The normalized spacial score (nSPS) is 34.0. The van der Waals surface area contributed by atoms with E-state index in [2.05, 4.69) is 15.5 Å². The lowest BCUT2D eigenvalue weighted by Crippen LogP contribution is -2.53. The Morgan fingerprint density at radius 3 is 2.52 bits per heavy atom. The van der Waals surface area contributed by atoms with Crippen LogP contribution in [0.15, 0.2) is 0 Å². The van der Waals surface area contributed by atoms with E-state index in [0.29, 0.717) is 11.9 Å². The second-order valence-corrected chi connectivity index (χ2v) is 7.04. The minimum Gasteiger partial charge on any atom is -0.355 e. The Hall–Kier alpha value is -0.610. The molecule has 3 fully saturated rings. The molecule has 0 radical (unpaired) electrons. The van der Waals surface area contributed by atoms with Crippen molar-refractivity contribution in [1.29, 1.82) is 0 Å². The Labute approximate surface area is 129 Å². The Morgan fingerprint density at radius 2 is 1.67 bits per heavy atom. The molecule has 2 N–H and O–H groups in total. The van der Waals surface area contributed by atoms with Gasteiger partial charge < -0.3 is 10.6 Å². The minimum atomic E-state index is 0.144. The molecule has 3 rings (SSSR count). The molecule has 4 nitrogen and oxygen atoms in total. The lowest BCUT2D eigenvalue weighted by Gasteiger charge is -2.41. The Balaban J connectivity index is 1.75. The smallest absolute Gasteiger partial charge is 0.237 e. The number of nitrogens with one attached hydrogen (secondary N) is 2. The lowest BCUT2D eigenvalue weighted by molar-refractivity contribution is -0.127. The first kappa shape index (κ1) is 15.3. The van der Waals surface area contributed by atoms with Crippen molar-refractivity contribution >= 4 is 5.91 Å². The third-order valence-corrected chi connectivity index (χ3v) is 5.68. The second-order valence-electron chi connectivity index (χ2n) is 7.04. The molecule has 0 bridgehead atoms. The molecule has 0 aliphatic carbocycles. The van der Waals surface area contributed by atoms with Gasteiger partial charge in [0, 0.05) is 12.6 Å². The van der Waals surface area contributed by atoms with E-state index in [1.807, 2.05) is 0 Å². The number of carbonyl (C=O) groups is 1. The molecular formula is C17H31N3O. The van der Waals surface area contributed by atoms with Crippen LogP contribution in [0.4, 0.5) is 0 Å². The highest BCUT2D eigenvalue weighted by molar-refractivity contribution is 5.82. The molecular weight excluding hydrogens is 262 g/mol. The zero-order valence-electron chi connectivity index (χ0n) is 13.3. The summed E-state index contributed by atoms with van der Waals surface area (Å²) in [6.45, 7) is 4.33. The minimum absolute atomic E-state index is 0.144. The van der Waals surface area contributed by atoms with E-state index >= 15 is 0 Å². The summed E-state index contributed by atoms with van der Waals surface area (Å²) in [5.41, 5.74) is 0. The highest BCUT2D eigenvalue weighted by atomic mass is 16.2. The zero-order chi connectivity index (χ0) is 14.5. The van der Waals surface area contributed by atoms with Crippen molar-refractivity contribution in [3.8, 4) is 0 Å². The Kier molecular flexibility index (Phi) is 5.53. The third-order valence-electron chi connectivity index (χ3n) is 5.68. The molecule has 0 aromatic carbocycles. The van der Waals surface area contributed by atoms with Crippen molar-refractivity contribution in [2.24, 2.45) is 5.92 Å². The van der Waals surface area contributed by atoms with E-state index in [1.165, 1.54) is 44.9 Å². The third kappa shape index (κ3) is 3.78. The number of likely N-dealkylation sites (tertiary alicyclic amines) is 1. The van der Waals surface area contributed by atoms with Crippen molar-refractivity contribution in [3.05, 3.63) is 0 Å². The van der Waals surface area contributed by atoms with Crippen molar-refractivity contribution in [2.45, 2.75) is 69.9 Å². The van der Waals surface area contributed by atoms with E-state index < -0.39 is 0 Å². The van der Waals surface area contributed by atoms with Crippen LogP contribution in [-0.4, -0.2) is 49.1 Å². The number of rotatable bonds is 2. The van der Waals surface area contributed by atoms with Gasteiger partial charge in [-0.15, -0.1) is 0 Å². The summed E-state index contributed by atoms with van der Waals surface area (Å²) in [7, 11) is 0. The van der Waals surface area contributed by atoms with Crippen LogP contribution >= 0.6 is 0 Å². The number of hydrogen-bond donors (Lipinski definition) is 2. The lowest BCUT2D eigenvalue weighted by atomic mass is 9.86. The molecule has 0 saturated carbocycles. The fourth-order valence-corrected chi connectivity index (χ4v) is 4.52. The largest absolute Gasteiger partial charge is 0.355 e. The summed E-state index contributed by atoms with van der Waals surface area (Å²) in [5.74, 6) is 1.09. The summed E-state index contributed by atoms with van der Waals surface area (Å²) in [6, 6.07) is 0.786. The van der Waals surface area contributed by atoms with Gasteiger partial charge in [-0.3, -0.25) is 9.69 Å². The molecule has 21 heavy (non-hydrogen) atoms. The van der Waals surface area contributed by atoms with Crippen LogP contribution in [0.1, 0.15) is 57.8 Å². The van der Waals surface area contributed by atoms with E-state index in [9.17, 15) is 4.79 Å². The molecule has 1 amide bonds. The van der Waals surface area contributed by atoms with Gasteiger partial charge in [-0.25, -0.2) is 0 Å². The molecule has 0 aromatic heterocycles. The number of amides is 1. The molecule has 2 atom stereocenters. The van der Waals surface area contributed by atoms with Crippen molar-refractivity contribution in [3.63, 3.8) is 0 Å². The summed E-state index contributed by atoms with van der Waals surface area (Å²) in [5, 5.41) is 6.63. The standard InChI is InChI=1S/C17H31N3O/c21-17-16(7-3-4-10-19-17)20-13-5-1-2-6-15(20)14-8-11-18-12-9-14/h14-16,18H,1-13H2,(H,19,21). The quantitative estimate of drug-likeness (QED) is 0.817. The fourth-order valence-electron chi connectivity index (χ4n) is 4.52. The Bertz CT molecular complexity index is 341. The summed E-state index contributed by atoms with van der Waals surface area (Å²) in [6.07, 6.45) is 11.2. The maximum absolute atomic E-state index is 12.5. The average Bonchev–Trinajstić information content (AvgIpc) is 2.88. The maximum Gasteiger partial charge on any atom is 0.237 e. The van der Waals surface area contributed by atoms with Gasteiger partial charge in [-0.1, -0.05) is 12.8 Å². The zero-order valence-corrected chi connectivity index (χ0v) is 13.3. The van der Waals surface area contributed by atoms with Crippen molar-refractivity contribution < 1.29 is 4.79 Å². The Morgan fingerprint density at radius 1 is 0.857 bits per heavy atom. The van der Waals surface area contributed by atoms with Crippen LogP contribution < -0.4 is 10.6 Å². The summed E-state index contributed by atoms with van der Waals surface area (Å²) >= 11 is 0. The van der Waals surface area contributed by atoms with Gasteiger partial charge in [0.25, 0.3) is 0 Å². The SMILES string of the molecule is O=C1NCCCCC1N1CCCCCC1C1CCNCC1. The van der Waals surface area contributed by atoms with E-state index in [1.54, 1.807) is 0 Å². The van der Waals surface area contributed by atoms with Crippen molar-refractivity contribution in [1.82, 2.24) is 15.5 Å². The van der Waals surface area contributed by atoms with E-state index in [-0.39, 0.29) is 6.04 Å². The molecule has 4 heteroatoms. The molecule has 3 heterocycles. The topological polar surface area (TPSA) is 44.4 Å². The number of carbonyl (C=O) groups excluding carboxylic acids is 1. The molecule has 120 valence electrons. The van der Waals surface area contributed by atoms with E-state index in [4.69, 9.17) is 0 Å². The predicted molar refractivity (Wildman–Crippen MR) is 85.2 cm³/mol. The van der Waals surface area contributed by atoms with Crippen LogP contribution in [0.2, 0.25) is 0 Å². The van der Waals surface area contributed by atoms with Gasteiger partial charge in [-0.05, 0) is 70.5 Å². The van der Waals surface area contributed by atoms with Gasteiger partial charge in [-0.2, -0.15) is 0 Å². The van der Waals surface area contributed by atoms with Crippen LogP contribution in [-0.2, 0) is 4.79 Å². The number of piperidine rings is 1. The van der Waals surface area contributed by atoms with E-state index in [0.717, 1.165) is 44.9 Å². The molecule has 3 aliphatic heterocycles. The van der Waals surface area contributed by atoms with Crippen molar-refractivity contribution in [2.75, 3.05) is 26.2 Å². The summed E-state index contributed by atoms with van der Waals surface area (Å²) in [4.78, 5) is 15.1. The summed E-state index contributed by atoms with van der Waals surface area (Å²) < 4.78 is 0. The monoisotopic (exact) mass is 293 g/mol. The van der Waals surface area contributed by atoms with Gasteiger partial charge in [0.15, 0.2) is 0 Å². The van der Waals surface area contributed by atoms with Crippen LogP contribution in [0, 0.1) is 5.92 Å². The number of nitrogens with zero attached hydrogens (tertiary/aromatic N) is 1. The second kappa shape index (κ2) is 7.59. The molecule has 3 saturated heterocycles. The maximum atomic E-state index is 12.5. The molecule has 3 aliphatic rings. The fraction of sp³-hybridized carbons (Fsp3) is 0.941. The molecule has 0 aromatic rings. The average molecular weight is 293 g/mol. The highest BCUT2D eigenvalue weighted by Gasteiger charge is 2.36. The number of hydrogen-bond acceptors (Lipinski definition) is 3. The van der Waals surface area contributed by atoms with Crippen LogP contribution in [0.25, 0.3) is 0 Å². The van der Waals surface area contributed by atoms with Gasteiger partial charge in [0.2, 0.25) is 5.91 Å².